The normalized spacial score (nSPS) is 13.0. The maximum atomic E-state index is 4.23. The van der Waals surface area contributed by atoms with Gasteiger partial charge in [0.2, 0.25) is 0 Å². The van der Waals surface area contributed by atoms with Crippen LogP contribution >= 0.6 is 0 Å². The maximum absolute atomic E-state index is 4.23. The molecule has 0 aromatic carbocycles. The predicted octanol–water partition coefficient (Wildman–Crippen LogP) is 4.17. The first-order chi connectivity index (χ1) is 10.9. The molecule has 1 saturated carbocycles. The largest absolute Gasteiger partial charge is 0.324 e. The number of hydrogen-bond donors (Lipinski definition) is 2. The molecule has 0 bridgehead atoms. The van der Waals surface area contributed by atoms with Crippen molar-refractivity contribution in [3.05, 3.63) is 36.9 Å². The highest BCUT2D eigenvalue weighted by Crippen LogP contribution is 2.16. The molecule has 0 radical (unpaired) electrons. The topological polar surface area (TPSA) is 70.9 Å². The highest BCUT2D eigenvalue weighted by atomic mass is 15.2. The maximum Gasteiger partial charge on any atom is 0.157 e. The molecule has 6 nitrogen and oxygen atoms in total. The van der Waals surface area contributed by atoms with Crippen molar-refractivity contribution in [3.8, 4) is 0 Å². The van der Waals surface area contributed by atoms with Gasteiger partial charge in [-0.15, -0.1) is 0 Å². The molecule has 4 rings (SSSR count). The molecule has 1 fully saturated rings. The Labute approximate surface area is 131 Å². The van der Waals surface area contributed by atoms with E-state index in [9.17, 15) is 0 Å². The number of H-pyrrole nitrogens is 1. The third kappa shape index (κ3) is 4.31. The van der Waals surface area contributed by atoms with Crippen LogP contribution in [0.25, 0.3) is 5.52 Å². The third-order valence-corrected chi connectivity index (χ3v) is 3.33. The molecule has 1 aliphatic rings. The summed E-state index contributed by atoms with van der Waals surface area (Å²) in [6.07, 6.45) is 14.4. The minimum Gasteiger partial charge on any atom is -0.324 e. The third-order valence-electron chi connectivity index (χ3n) is 3.33. The van der Waals surface area contributed by atoms with Crippen molar-refractivity contribution in [1.29, 1.82) is 0 Å². The minimum atomic E-state index is 0.749. The first-order valence-electron chi connectivity index (χ1n) is 7.98. The molecule has 22 heavy (non-hydrogen) atoms. The van der Waals surface area contributed by atoms with E-state index in [1.807, 2.05) is 26.0 Å². The molecular weight excluding hydrogens is 276 g/mol. The van der Waals surface area contributed by atoms with Crippen LogP contribution in [-0.2, 0) is 0 Å². The lowest BCUT2D eigenvalue weighted by Crippen LogP contribution is -1.97. The van der Waals surface area contributed by atoms with E-state index in [-0.39, 0.29) is 0 Å². The summed E-state index contributed by atoms with van der Waals surface area (Å²) in [6, 6.07) is 3.73. The zero-order chi connectivity index (χ0) is 15.6. The number of anilines is 2. The second-order valence-electron chi connectivity index (χ2n) is 4.80. The summed E-state index contributed by atoms with van der Waals surface area (Å²) in [7, 11) is 0. The molecule has 0 aliphatic heterocycles. The van der Waals surface area contributed by atoms with Crippen LogP contribution in [0.1, 0.15) is 46.0 Å². The molecule has 1 aliphatic carbocycles. The van der Waals surface area contributed by atoms with Crippen LogP contribution in [0.15, 0.2) is 36.9 Å². The number of fused-ring (bicyclic) bond motifs is 1. The van der Waals surface area contributed by atoms with Gasteiger partial charge in [-0.25, -0.2) is 9.50 Å². The van der Waals surface area contributed by atoms with E-state index in [1.54, 1.807) is 29.3 Å². The average Bonchev–Trinajstić information content (AvgIpc) is 3.33. The number of nitrogens with zero attached hydrogens (tertiary/aromatic N) is 4. The smallest absolute Gasteiger partial charge is 0.157 e. The molecule has 3 aromatic rings. The lowest BCUT2D eigenvalue weighted by atomic mass is 10.4. The summed E-state index contributed by atoms with van der Waals surface area (Å²) in [5.74, 6) is 1.55. The Morgan fingerprint density at radius 1 is 1.00 bits per heavy atom. The summed E-state index contributed by atoms with van der Waals surface area (Å²) in [4.78, 5) is 4.23. The van der Waals surface area contributed by atoms with Gasteiger partial charge in [0.05, 0.1) is 12.4 Å². The number of nitrogens with one attached hydrogen (secondary N) is 2. The summed E-state index contributed by atoms with van der Waals surface area (Å²) >= 11 is 0. The fourth-order valence-electron chi connectivity index (χ4n) is 2.29. The average molecular weight is 300 g/mol. The van der Waals surface area contributed by atoms with E-state index in [0.29, 0.717) is 0 Å². The Bertz CT molecular complexity index is 632. The molecule has 0 atom stereocenters. The van der Waals surface area contributed by atoms with Crippen LogP contribution in [0.3, 0.4) is 0 Å². The summed E-state index contributed by atoms with van der Waals surface area (Å²) in [5, 5.41) is 13.9. The van der Waals surface area contributed by atoms with Gasteiger partial charge < -0.3 is 5.32 Å². The molecule has 118 valence electrons. The van der Waals surface area contributed by atoms with Crippen LogP contribution in [0.4, 0.5) is 11.6 Å². The first-order valence-corrected chi connectivity index (χ1v) is 7.98. The number of aromatic amines is 1. The minimum absolute atomic E-state index is 0.749. The fraction of sp³-hybridized carbons (Fsp3) is 0.438. The van der Waals surface area contributed by atoms with Crippen molar-refractivity contribution in [2.75, 3.05) is 5.32 Å². The second kappa shape index (κ2) is 8.81. The highest BCUT2D eigenvalue weighted by molar-refractivity contribution is 5.71. The Hall–Kier alpha value is -2.37. The molecule has 3 aromatic heterocycles. The molecular formula is C16H24N6. The van der Waals surface area contributed by atoms with E-state index < -0.39 is 0 Å². The Morgan fingerprint density at radius 2 is 1.73 bits per heavy atom. The van der Waals surface area contributed by atoms with Crippen molar-refractivity contribution < 1.29 is 0 Å². The number of hydrogen-bond acceptors (Lipinski definition) is 4. The van der Waals surface area contributed by atoms with Crippen LogP contribution in [-0.4, -0.2) is 24.8 Å². The number of rotatable bonds is 2. The van der Waals surface area contributed by atoms with E-state index in [1.165, 1.54) is 32.1 Å². The van der Waals surface area contributed by atoms with Gasteiger partial charge in [0.1, 0.15) is 11.3 Å². The molecule has 2 N–H and O–H groups in total. The lowest BCUT2D eigenvalue weighted by molar-refractivity contribution is 0.886. The van der Waals surface area contributed by atoms with Gasteiger partial charge in [-0.1, -0.05) is 46.0 Å². The van der Waals surface area contributed by atoms with Crippen molar-refractivity contribution >= 4 is 17.2 Å². The van der Waals surface area contributed by atoms with E-state index in [2.05, 4.69) is 25.6 Å². The van der Waals surface area contributed by atoms with Crippen molar-refractivity contribution in [2.45, 2.75) is 46.0 Å². The van der Waals surface area contributed by atoms with Crippen LogP contribution in [0.2, 0.25) is 0 Å². The van der Waals surface area contributed by atoms with Gasteiger partial charge in [0, 0.05) is 18.5 Å². The summed E-state index contributed by atoms with van der Waals surface area (Å²) in [6.45, 7) is 4.00. The van der Waals surface area contributed by atoms with Gasteiger partial charge in [-0.05, 0) is 6.07 Å². The Balaban J connectivity index is 0.000000213. The highest BCUT2D eigenvalue weighted by Gasteiger charge is 2.03. The quantitative estimate of drug-likeness (QED) is 0.745. The summed E-state index contributed by atoms with van der Waals surface area (Å²) < 4.78 is 1.76. The van der Waals surface area contributed by atoms with E-state index >= 15 is 0 Å². The zero-order valence-corrected chi connectivity index (χ0v) is 13.3. The molecule has 0 spiro atoms. The van der Waals surface area contributed by atoms with E-state index in [0.717, 1.165) is 17.2 Å². The molecule has 0 amide bonds. The lowest BCUT2D eigenvalue weighted by Gasteiger charge is -2.03. The van der Waals surface area contributed by atoms with Gasteiger partial charge in [0.25, 0.3) is 0 Å². The Kier molecular flexibility index (Phi) is 6.41. The standard InChI is InChI=1S/C9H8N6.C5H10.C2H6/c1-4-12-15-6-5-10-9(7(1)15)13-8-2-3-11-14-8;1-2-4-5-3-1;1-2/h1-6H,(H2,10,11,13,14);1-5H2;1-2H3. The molecule has 0 unspecified atom stereocenters. The van der Waals surface area contributed by atoms with Crippen molar-refractivity contribution in [1.82, 2.24) is 24.8 Å². The van der Waals surface area contributed by atoms with Crippen LogP contribution in [0, 0.1) is 0 Å². The first kappa shape index (κ1) is 16.0. The van der Waals surface area contributed by atoms with Gasteiger partial charge in [-0.2, -0.15) is 10.2 Å². The van der Waals surface area contributed by atoms with Crippen LogP contribution in [0.5, 0.6) is 0 Å². The van der Waals surface area contributed by atoms with Gasteiger partial charge >= 0.3 is 0 Å². The van der Waals surface area contributed by atoms with Crippen molar-refractivity contribution in [3.63, 3.8) is 0 Å². The van der Waals surface area contributed by atoms with E-state index in [4.69, 9.17) is 0 Å². The monoisotopic (exact) mass is 300 g/mol. The zero-order valence-electron chi connectivity index (χ0n) is 13.3. The summed E-state index contributed by atoms with van der Waals surface area (Å²) in [5.41, 5.74) is 0.923. The fourth-order valence-corrected chi connectivity index (χ4v) is 2.29. The SMILES string of the molecule is C1CCCC1.CC.c1cc(Nc2nccn3nccc23)[nH]n1. The Morgan fingerprint density at radius 3 is 2.36 bits per heavy atom. The molecule has 3 heterocycles. The van der Waals surface area contributed by atoms with Gasteiger partial charge in [-0.3, -0.25) is 5.10 Å². The van der Waals surface area contributed by atoms with Crippen LogP contribution < -0.4 is 5.32 Å². The van der Waals surface area contributed by atoms with Gasteiger partial charge in [0.15, 0.2) is 5.82 Å². The number of aromatic nitrogens is 5. The predicted molar refractivity (Wildman–Crippen MR) is 89.3 cm³/mol. The van der Waals surface area contributed by atoms with Crippen molar-refractivity contribution in [2.24, 2.45) is 0 Å². The molecule has 0 saturated heterocycles. The molecule has 6 heteroatoms. The second-order valence-corrected chi connectivity index (χ2v) is 4.80.